The van der Waals surface area contributed by atoms with Crippen molar-refractivity contribution in [1.29, 1.82) is 0 Å². The van der Waals surface area contributed by atoms with Crippen molar-refractivity contribution in [3.8, 4) is 0 Å². The van der Waals surface area contributed by atoms with E-state index in [0.717, 1.165) is 23.1 Å². The molecule has 0 saturated carbocycles. The van der Waals surface area contributed by atoms with Gasteiger partial charge in [-0.25, -0.2) is 19.4 Å². The molecule has 3 rings (SSSR count). The summed E-state index contributed by atoms with van der Waals surface area (Å²) in [6, 6.07) is 19.9. The zero-order valence-corrected chi connectivity index (χ0v) is 23.3. The van der Waals surface area contributed by atoms with Crippen LogP contribution in [0, 0.1) is 18.3 Å². The van der Waals surface area contributed by atoms with Crippen LogP contribution in [0.25, 0.3) is 0 Å². The Morgan fingerprint density at radius 1 is 0.923 bits per heavy atom. The van der Waals surface area contributed by atoms with Gasteiger partial charge in [-0.05, 0) is 67.0 Å². The molecular weight excluding hydrogens is 500 g/mol. The van der Waals surface area contributed by atoms with Crippen molar-refractivity contribution in [3.63, 3.8) is 0 Å². The first kappa shape index (κ1) is 33.1. The molecule has 39 heavy (non-hydrogen) atoms. The fourth-order valence-corrected chi connectivity index (χ4v) is 3.70. The summed E-state index contributed by atoms with van der Waals surface area (Å²) in [6.45, 7) is 11.1. The zero-order chi connectivity index (χ0) is 29.4. The highest BCUT2D eigenvalue weighted by molar-refractivity contribution is 5.92. The van der Waals surface area contributed by atoms with Crippen LogP contribution in [-0.4, -0.2) is 40.1 Å². The van der Waals surface area contributed by atoms with Crippen LogP contribution in [0.5, 0.6) is 0 Å². The van der Waals surface area contributed by atoms with Gasteiger partial charge >= 0.3 is 11.9 Å². The average molecular weight is 541 g/mol. The van der Waals surface area contributed by atoms with Gasteiger partial charge in [0.25, 0.3) is 5.56 Å². The normalized spacial score (nSPS) is 11.2. The van der Waals surface area contributed by atoms with Crippen LogP contribution in [0.2, 0.25) is 0 Å². The van der Waals surface area contributed by atoms with Gasteiger partial charge < -0.3 is 16.0 Å². The summed E-state index contributed by atoms with van der Waals surface area (Å²) in [6.07, 6.45) is 1.79. The molecule has 0 amide bonds. The molecule has 4 N–H and O–H groups in total. The minimum atomic E-state index is -0.708. The van der Waals surface area contributed by atoms with Crippen molar-refractivity contribution in [2.45, 2.75) is 47.5 Å². The second-order valence-electron chi connectivity index (χ2n) is 10.2. The van der Waals surface area contributed by atoms with E-state index in [1.165, 1.54) is 6.07 Å². The first-order chi connectivity index (χ1) is 18.4. The molecule has 1 heterocycles. The number of rotatable bonds is 6. The first-order valence-electron chi connectivity index (χ1n) is 12.6. The lowest BCUT2D eigenvalue weighted by molar-refractivity contribution is -0.187. The lowest BCUT2D eigenvalue weighted by Gasteiger charge is -2.23. The van der Waals surface area contributed by atoms with Crippen molar-refractivity contribution in [3.05, 3.63) is 106 Å². The van der Waals surface area contributed by atoms with Gasteiger partial charge in [-0.1, -0.05) is 64.1 Å². The minimum Gasteiger partial charge on any atom is -0.425 e. The molecule has 0 radical (unpaired) electrons. The standard InChI is InChI=1S/C14H23NO2.C14H10O4.C2H7NO/c1-10-6-12(15(17)13(16)8-10)7-11(2)9-14(3,4)5;15-13(11-7-3-1-4-8-11)17-18-14(16)12-9-5-2-6-10-12;3-1-2-4/h6,8,11,17H,7,9H2,1-5H3;1-10H;4H,1-3H2. The average Bonchev–Trinajstić information content (AvgIpc) is 2.90. The van der Waals surface area contributed by atoms with Crippen LogP contribution >= 0.6 is 0 Å². The summed E-state index contributed by atoms with van der Waals surface area (Å²) in [5.74, 6) is -0.977. The summed E-state index contributed by atoms with van der Waals surface area (Å²) in [7, 11) is 0. The van der Waals surface area contributed by atoms with Crippen LogP contribution < -0.4 is 11.3 Å². The Labute approximate surface area is 229 Å². The summed E-state index contributed by atoms with van der Waals surface area (Å²) in [5.41, 5.74) is 6.94. The molecule has 2 aromatic carbocycles. The maximum absolute atomic E-state index is 11.5. The lowest BCUT2D eigenvalue weighted by Crippen LogP contribution is -2.23. The van der Waals surface area contributed by atoms with Crippen LogP contribution in [-0.2, 0) is 16.2 Å². The third-order valence-corrected chi connectivity index (χ3v) is 5.09. The number of nitrogens with zero attached hydrogens (tertiary/aromatic N) is 1. The number of benzene rings is 2. The molecule has 3 aromatic rings. The van der Waals surface area contributed by atoms with E-state index in [1.807, 2.05) is 13.0 Å². The quantitative estimate of drug-likeness (QED) is 0.235. The number of aliphatic hydroxyl groups excluding tert-OH is 1. The number of pyridine rings is 1. The molecule has 9 nitrogen and oxygen atoms in total. The number of hydrogen-bond acceptors (Lipinski definition) is 8. The van der Waals surface area contributed by atoms with E-state index in [1.54, 1.807) is 60.7 Å². The molecule has 0 aliphatic rings. The van der Waals surface area contributed by atoms with E-state index < -0.39 is 11.9 Å². The Bertz CT molecular complexity index is 1150. The number of hydrogen-bond donors (Lipinski definition) is 3. The monoisotopic (exact) mass is 540 g/mol. The number of aromatic nitrogens is 1. The van der Waals surface area contributed by atoms with E-state index in [4.69, 9.17) is 10.8 Å². The fraction of sp³-hybridized carbons (Fsp3) is 0.367. The number of carbonyl (C=O) groups excluding carboxylic acids is 2. The van der Waals surface area contributed by atoms with Crippen LogP contribution in [0.4, 0.5) is 0 Å². The maximum Gasteiger partial charge on any atom is 0.386 e. The minimum absolute atomic E-state index is 0.0972. The highest BCUT2D eigenvalue weighted by atomic mass is 17.2. The number of nitrogens with two attached hydrogens (primary N) is 1. The molecule has 1 unspecified atom stereocenters. The van der Waals surface area contributed by atoms with Crippen molar-refractivity contribution < 1.29 is 29.7 Å². The molecule has 0 saturated heterocycles. The summed E-state index contributed by atoms with van der Waals surface area (Å²) < 4.78 is 0.770. The van der Waals surface area contributed by atoms with E-state index in [2.05, 4.69) is 37.5 Å². The fourth-order valence-electron chi connectivity index (χ4n) is 3.70. The molecule has 9 heteroatoms. The van der Waals surface area contributed by atoms with Crippen LogP contribution in [0.15, 0.2) is 77.6 Å². The SMILES string of the molecule is Cc1cc(CC(C)CC(C)(C)C)n(O)c(=O)c1.NCCO.O=C(OOC(=O)c1ccccc1)c1ccccc1. The number of aryl methyl sites for hydroxylation is 1. The lowest BCUT2D eigenvalue weighted by atomic mass is 9.83. The summed E-state index contributed by atoms with van der Waals surface area (Å²) in [5, 5.41) is 17.4. The molecule has 0 fully saturated rings. The van der Waals surface area contributed by atoms with Crippen molar-refractivity contribution in [2.75, 3.05) is 13.2 Å². The Morgan fingerprint density at radius 2 is 1.36 bits per heavy atom. The number of carbonyl (C=O) groups is 2. The zero-order valence-electron chi connectivity index (χ0n) is 23.3. The highest BCUT2D eigenvalue weighted by Gasteiger charge is 2.17. The molecule has 0 aliphatic heterocycles. The Balaban J connectivity index is 0.000000344. The Hall–Kier alpha value is -3.95. The predicted molar refractivity (Wildman–Crippen MR) is 149 cm³/mol. The second-order valence-corrected chi connectivity index (χ2v) is 10.2. The van der Waals surface area contributed by atoms with Crippen LogP contribution in [0.3, 0.4) is 0 Å². The highest BCUT2D eigenvalue weighted by Crippen LogP contribution is 2.26. The largest absolute Gasteiger partial charge is 0.425 e. The molecule has 0 bridgehead atoms. The third kappa shape index (κ3) is 13.4. The Kier molecular flexibility index (Phi) is 14.3. The second kappa shape index (κ2) is 16.8. The summed E-state index contributed by atoms with van der Waals surface area (Å²) >= 11 is 0. The summed E-state index contributed by atoms with van der Waals surface area (Å²) in [4.78, 5) is 43.3. The third-order valence-electron chi connectivity index (χ3n) is 5.09. The van der Waals surface area contributed by atoms with E-state index in [-0.39, 0.29) is 17.6 Å². The van der Waals surface area contributed by atoms with Gasteiger partial charge in [-0.2, -0.15) is 4.73 Å². The van der Waals surface area contributed by atoms with E-state index in [9.17, 15) is 19.6 Å². The van der Waals surface area contributed by atoms with Crippen molar-refractivity contribution in [2.24, 2.45) is 17.1 Å². The number of aliphatic hydroxyl groups is 1. The van der Waals surface area contributed by atoms with Crippen LogP contribution in [0.1, 0.15) is 66.1 Å². The van der Waals surface area contributed by atoms with Gasteiger partial charge in [-0.3, -0.25) is 4.79 Å². The topological polar surface area (TPSA) is 141 Å². The van der Waals surface area contributed by atoms with E-state index in [0.29, 0.717) is 29.3 Å². The molecule has 1 aromatic heterocycles. The Morgan fingerprint density at radius 3 is 1.74 bits per heavy atom. The van der Waals surface area contributed by atoms with Gasteiger partial charge in [0.2, 0.25) is 0 Å². The predicted octanol–water partition coefficient (Wildman–Crippen LogP) is 4.56. The molecule has 0 spiro atoms. The van der Waals surface area contributed by atoms with Crippen molar-refractivity contribution >= 4 is 11.9 Å². The molecule has 212 valence electrons. The first-order valence-corrected chi connectivity index (χ1v) is 12.6. The smallest absolute Gasteiger partial charge is 0.386 e. The van der Waals surface area contributed by atoms with E-state index >= 15 is 0 Å². The van der Waals surface area contributed by atoms with Gasteiger partial charge in [0, 0.05) is 12.6 Å². The molecular formula is C30H40N2O7. The van der Waals surface area contributed by atoms with Gasteiger partial charge in [0.15, 0.2) is 0 Å². The van der Waals surface area contributed by atoms with Gasteiger partial charge in [-0.15, -0.1) is 0 Å². The van der Waals surface area contributed by atoms with Gasteiger partial charge in [0.1, 0.15) is 0 Å². The van der Waals surface area contributed by atoms with Gasteiger partial charge in [0.05, 0.1) is 23.4 Å². The van der Waals surface area contributed by atoms with Crippen molar-refractivity contribution in [1.82, 2.24) is 4.73 Å². The maximum atomic E-state index is 11.5. The molecule has 0 aliphatic carbocycles. The molecule has 1 atom stereocenters.